The van der Waals surface area contributed by atoms with Crippen LogP contribution >= 0.6 is 0 Å². The minimum absolute atomic E-state index is 0.171. The number of nitrogens with one attached hydrogen (secondary N) is 2. The molecule has 4 heterocycles. The summed E-state index contributed by atoms with van der Waals surface area (Å²) in [5.74, 6) is 6.28. The van der Waals surface area contributed by atoms with Crippen molar-refractivity contribution in [3.8, 4) is 34.6 Å². The van der Waals surface area contributed by atoms with E-state index in [1.165, 1.54) is 19.1 Å². The minimum Gasteiger partial charge on any atom is -0.497 e. The summed E-state index contributed by atoms with van der Waals surface area (Å²) in [4.78, 5) is 54.8. The first-order chi connectivity index (χ1) is 18.7. The summed E-state index contributed by atoms with van der Waals surface area (Å²) >= 11 is 0. The number of urea groups is 1. The van der Waals surface area contributed by atoms with E-state index in [4.69, 9.17) is 9.47 Å². The van der Waals surface area contributed by atoms with Crippen molar-refractivity contribution in [1.29, 1.82) is 0 Å². The van der Waals surface area contributed by atoms with Crippen LogP contribution in [-0.2, 0) is 11.3 Å². The van der Waals surface area contributed by atoms with Crippen molar-refractivity contribution >= 4 is 23.8 Å². The quantitative estimate of drug-likeness (QED) is 0.358. The van der Waals surface area contributed by atoms with Crippen LogP contribution in [0.1, 0.15) is 21.6 Å². The van der Waals surface area contributed by atoms with Crippen molar-refractivity contribution in [3.63, 3.8) is 0 Å². The van der Waals surface area contributed by atoms with Gasteiger partial charge in [0.1, 0.15) is 5.75 Å². The number of hydrogen-bond acceptors (Lipinski definition) is 9. The highest BCUT2D eigenvalue weighted by molar-refractivity contribution is 6.10. The Morgan fingerprint density at radius 2 is 1.85 bits per heavy atom. The Balaban J connectivity index is 1.48. The van der Waals surface area contributed by atoms with Crippen molar-refractivity contribution in [1.82, 2.24) is 30.5 Å². The normalized spacial score (nSPS) is 17.6. The molecule has 3 aromatic rings. The highest BCUT2D eigenvalue weighted by atomic mass is 16.5. The molecule has 2 aliphatic heterocycles. The largest absolute Gasteiger partial charge is 0.497 e. The maximum Gasteiger partial charge on any atom is 0.323 e. The molecule has 2 aromatic heterocycles. The standard InChI is InChI=1S/C27H25N7O5/c1-33(2)25-28-12-17(13-29-25)20-7-8-22(39-4)21(30-20)9-10-27(24(36)31-26(37)32-27)15-34-14-16-5-6-18(38-3)11-19(16)23(34)35/h5-8,11-13H,14-15H2,1-4H3,(H2,31,32,36,37)/t27-/m1/s1. The monoisotopic (exact) mass is 527 g/mol. The van der Waals surface area contributed by atoms with Crippen LogP contribution in [0, 0.1) is 11.8 Å². The van der Waals surface area contributed by atoms with E-state index in [9.17, 15) is 14.4 Å². The predicted molar refractivity (Wildman–Crippen MR) is 140 cm³/mol. The van der Waals surface area contributed by atoms with E-state index in [0.29, 0.717) is 34.3 Å². The Hall–Kier alpha value is -5.18. The van der Waals surface area contributed by atoms with E-state index in [-0.39, 0.29) is 24.7 Å². The minimum atomic E-state index is -1.70. The molecule has 1 aromatic carbocycles. The third-order valence-electron chi connectivity index (χ3n) is 6.37. The number of fused-ring (bicyclic) bond motifs is 1. The Morgan fingerprint density at radius 3 is 2.49 bits per heavy atom. The third kappa shape index (κ3) is 4.77. The third-order valence-corrected chi connectivity index (χ3v) is 6.37. The van der Waals surface area contributed by atoms with Crippen molar-refractivity contribution < 1.29 is 23.9 Å². The van der Waals surface area contributed by atoms with Crippen molar-refractivity contribution in [2.45, 2.75) is 12.1 Å². The fourth-order valence-corrected chi connectivity index (χ4v) is 4.32. The van der Waals surface area contributed by atoms with Gasteiger partial charge in [0.15, 0.2) is 11.4 Å². The number of anilines is 1. The van der Waals surface area contributed by atoms with Crippen LogP contribution in [0.2, 0.25) is 0 Å². The molecule has 1 fully saturated rings. The topological polar surface area (TPSA) is 139 Å². The highest BCUT2D eigenvalue weighted by Gasteiger charge is 2.48. The smallest absolute Gasteiger partial charge is 0.323 e. The molecular formula is C27H25N7O5. The summed E-state index contributed by atoms with van der Waals surface area (Å²) in [5.41, 5.74) is 0.994. The van der Waals surface area contributed by atoms with Crippen LogP contribution in [0.25, 0.3) is 11.3 Å². The zero-order valence-electron chi connectivity index (χ0n) is 21.7. The van der Waals surface area contributed by atoms with Crippen LogP contribution in [0.5, 0.6) is 11.5 Å². The second kappa shape index (κ2) is 9.94. The molecule has 5 rings (SSSR count). The average Bonchev–Trinajstić information content (AvgIpc) is 3.40. The van der Waals surface area contributed by atoms with Crippen LogP contribution in [0.15, 0.2) is 42.7 Å². The summed E-state index contributed by atoms with van der Waals surface area (Å²) < 4.78 is 10.7. The number of imide groups is 1. The Kier molecular flexibility index (Phi) is 6.49. The number of hydrogen-bond donors (Lipinski definition) is 2. The van der Waals surface area contributed by atoms with Gasteiger partial charge in [-0.25, -0.2) is 19.7 Å². The Labute approximate surface area is 224 Å². The lowest BCUT2D eigenvalue weighted by atomic mass is 9.99. The van der Waals surface area contributed by atoms with E-state index in [2.05, 4.69) is 37.4 Å². The van der Waals surface area contributed by atoms with E-state index in [1.54, 1.807) is 47.6 Å². The Bertz CT molecular complexity index is 1540. The zero-order valence-corrected chi connectivity index (χ0v) is 21.7. The van der Waals surface area contributed by atoms with Crippen molar-refractivity contribution in [2.75, 3.05) is 39.8 Å². The molecule has 0 bridgehead atoms. The first-order valence-corrected chi connectivity index (χ1v) is 11.9. The summed E-state index contributed by atoms with van der Waals surface area (Å²) in [6.45, 7) is 0.0833. The number of methoxy groups -OCH3 is 2. The molecule has 1 saturated heterocycles. The predicted octanol–water partition coefficient (Wildman–Crippen LogP) is 1.21. The molecule has 0 unspecified atom stereocenters. The van der Waals surface area contributed by atoms with Gasteiger partial charge in [-0.15, -0.1) is 0 Å². The summed E-state index contributed by atoms with van der Waals surface area (Å²) in [6, 6.07) is 7.95. The number of rotatable bonds is 6. The second-order valence-corrected chi connectivity index (χ2v) is 9.16. The first kappa shape index (κ1) is 25.5. The molecule has 2 N–H and O–H groups in total. The van der Waals surface area contributed by atoms with Gasteiger partial charge >= 0.3 is 6.03 Å². The summed E-state index contributed by atoms with van der Waals surface area (Å²) in [7, 11) is 6.68. The van der Waals surface area contributed by atoms with Gasteiger partial charge in [0.05, 0.1) is 26.5 Å². The molecule has 2 aliphatic rings. The second-order valence-electron chi connectivity index (χ2n) is 9.16. The average molecular weight is 528 g/mol. The number of ether oxygens (including phenoxy) is 2. The molecule has 1 atom stereocenters. The molecule has 39 heavy (non-hydrogen) atoms. The van der Waals surface area contributed by atoms with Gasteiger partial charge in [0.2, 0.25) is 11.5 Å². The number of amides is 4. The van der Waals surface area contributed by atoms with Gasteiger partial charge < -0.3 is 24.6 Å². The SMILES string of the molecule is COc1ccc2c(c1)C(=O)N(C[C@@]1(C#Cc3nc(-c4cnc(N(C)C)nc4)ccc3OC)NC(=O)NC1=O)C2. The van der Waals surface area contributed by atoms with Gasteiger partial charge in [0, 0.05) is 44.2 Å². The lowest BCUT2D eigenvalue weighted by molar-refractivity contribution is -0.122. The number of benzene rings is 1. The van der Waals surface area contributed by atoms with E-state index in [1.807, 2.05) is 14.1 Å². The lowest BCUT2D eigenvalue weighted by Gasteiger charge is -2.26. The van der Waals surface area contributed by atoms with Crippen LogP contribution in [0.3, 0.4) is 0 Å². The molecule has 4 amide bonds. The molecule has 198 valence electrons. The maximum atomic E-state index is 13.2. The van der Waals surface area contributed by atoms with Crippen LogP contribution < -0.4 is 25.0 Å². The fourth-order valence-electron chi connectivity index (χ4n) is 4.32. The lowest BCUT2D eigenvalue weighted by Crippen LogP contribution is -2.54. The summed E-state index contributed by atoms with van der Waals surface area (Å²) in [6.07, 6.45) is 3.29. The molecule has 0 aliphatic carbocycles. The highest BCUT2D eigenvalue weighted by Crippen LogP contribution is 2.29. The number of nitrogens with zero attached hydrogens (tertiary/aromatic N) is 5. The van der Waals surface area contributed by atoms with E-state index in [0.717, 1.165) is 5.56 Å². The van der Waals surface area contributed by atoms with Crippen LogP contribution in [-0.4, -0.2) is 78.1 Å². The molecule has 12 nitrogen and oxygen atoms in total. The molecular weight excluding hydrogens is 502 g/mol. The van der Waals surface area contributed by atoms with E-state index >= 15 is 0 Å². The number of aromatic nitrogens is 3. The van der Waals surface area contributed by atoms with Crippen LogP contribution in [0.4, 0.5) is 10.7 Å². The van der Waals surface area contributed by atoms with E-state index < -0.39 is 17.5 Å². The number of carbonyl (C=O) groups is 3. The number of carbonyl (C=O) groups excluding carboxylic acids is 3. The van der Waals surface area contributed by atoms with Gasteiger partial charge in [-0.2, -0.15) is 0 Å². The molecule has 12 heteroatoms. The van der Waals surface area contributed by atoms with Crippen molar-refractivity contribution in [2.24, 2.45) is 0 Å². The van der Waals surface area contributed by atoms with Crippen molar-refractivity contribution in [3.05, 3.63) is 59.5 Å². The van der Waals surface area contributed by atoms with Gasteiger partial charge in [-0.05, 0) is 35.7 Å². The zero-order chi connectivity index (χ0) is 27.7. The van der Waals surface area contributed by atoms with Gasteiger partial charge in [-0.1, -0.05) is 12.0 Å². The molecule has 0 radical (unpaired) electrons. The Morgan fingerprint density at radius 1 is 1.08 bits per heavy atom. The van der Waals surface area contributed by atoms with Gasteiger partial charge in [0.25, 0.3) is 11.8 Å². The maximum absolute atomic E-state index is 13.2. The first-order valence-electron chi connectivity index (χ1n) is 11.9. The van der Waals surface area contributed by atoms with Gasteiger partial charge in [-0.3, -0.25) is 14.9 Å². The summed E-state index contributed by atoms with van der Waals surface area (Å²) in [5, 5.41) is 4.83. The molecule has 0 saturated carbocycles. The number of pyridine rings is 1. The molecule has 0 spiro atoms. The fraction of sp³-hybridized carbons (Fsp3) is 0.259.